The van der Waals surface area contributed by atoms with Crippen LogP contribution in [0.4, 0.5) is 10.1 Å². The van der Waals surface area contributed by atoms with Crippen LogP contribution < -0.4 is 5.32 Å². The predicted octanol–water partition coefficient (Wildman–Crippen LogP) is 3.89. The van der Waals surface area contributed by atoms with E-state index in [1.54, 1.807) is 6.33 Å². The summed E-state index contributed by atoms with van der Waals surface area (Å²) in [5, 5.41) is 3.38. The monoisotopic (exact) mass is 379 g/mol. The zero-order chi connectivity index (χ0) is 18.6. The van der Waals surface area contributed by atoms with E-state index in [2.05, 4.69) is 25.3 Å². The third kappa shape index (κ3) is 3.95. The first-order valence-corrected chi connectivity index (χ1v) is 9.12. The van der Waals surface area contributed by atoms with Crippen LogP contribution in [0.25, 0.3) is 22.6 Å². The molecule has 0 atom stereocenters. The molecular weight excluding hydrogens is 365 g/mol. The minimum absolute atomic E-state index is 0.150. The van der Waals surface area contributed by atoms with Gasteiger partial charge in [0.05, 0.1) is 12.1 Å². The first-order chi connectivity index (χ1) is 13.2. The van der Waals surface area contributed by atoms with Gasteiger partial charge in [-0.1, -0.05) is 42.1 Å². The molecule has 0 saturated heterocycles. The van der Waals surface area contributed by atoms with Gasteiger partial charge in [0.15, 0.2) is 11.5 Å². The van der Waals surface area contributed by atoms with Crippen LogP contribution in [0.5, 0.6) is 0 Å². The Kier molecular flexibility index (Phi) is 4.80. The third-order valence-electron chi connectivity index (χ3n) is 3.75. The summed E-state index contributed by atoms with van der Waals surface area (Å²) >= 11 is 1.29. The van der Waals surface area contributed by atoms with Gasteiger partial charge in [-0.05, 0) is 24.3 Å². The Morgan fingerprint density at radius 1 is 1.07 bits per heavy atom. The van der Waals surface area contributed by atoms with Gasteiger partial charge in [-0.25, -0.2) is 19.3 Å². The van der Waals surface area contributed by atoms with E-state index in [1.807, 2.05) is 30.3 Å². The lowest BCUT2D eigenvalue weighted by molar-refractivity contribution is -0.113. The number of aromatic nitrogens is 4. The van der Waals surface area contributed by atoms with Crippen molar-refractivity contribution in [1.82, 2.24) is 19.9 Å². The van der Waals surface area contributed by atoms with E-state index in [9.17, 15) is 9.18 Å². The topological polar surface area (TPSA) is 83.6 Å². The number of aromatic amines is 1. The minimum atomic E-state index is -0.349. The van der Waals surface area contributed by atoms with E-state index >= 15 is 0 Å². The molecule has 0 saturated carbocycles. The number of benzene rings is 2. The molecule has 27 heavy (non-hydrogen) atoms. The fraction of sp³-hybridized carbons (Fsp3) is 0.0526. The van der Waals surface area contributed by atoms with Crippen molar-refractivity contribution in [2.24, 2.45) is 0 Å². The van der Waals surface area contributed by atoms with E-state index in [0.29, 0.717) is 27.7 Å². The van der Waals surface area contributed by atoms with Crippen molar-refractivity contribution in [1.29, 1.82) is 0 Å². The second-order valence-electron chi connectivity index (χ2n) is 5.66. The summed E-state index contributed by atoms with van der Waals surface area (Å²) < 4.78 is 12.9. The van der Waals surface area contributed by atoms with Crippen LogP contribution in [0.1, 0.15) is 0 Å². The average Bonchev–Trinajstić information content (AvgIpc) is 3.17. The standard InChI is InChI=1S/C19H14FN5OS/c20-13-6-8-14(9-7-13)23-15(26)10-27-19-16-18(22-11-21-16)24-17(25-19)12-4-2-1-3-5-12/h1-9,11H,10H2,(H,23,26)(H,21,22,24,25). The van der Waals surface area contributed by atoms with Crippen molar-refractivity contribution in [3.63, 3.8) is 0 Å². The molecule has 8 heteroatoms. The molecule has 0 aliphatic rings. The molecule has 2 N–H and O–H groups in total. The first-order valence-electron chi connectivity index (χ1n) is 8.14. The molecule has 2 aromatic carbocycles. The van der Waals surface area contributed by atoms with E-state index in [0.717, 1.165) is 5.56 Å². The molecule has 0 radical (unpaired) electrons. The summed E-state index contributed by atoms with van der Waals surface area (Å²) in [6, 6.07) is 15.2. The second kappa shape index (κ2) is 7.55. The lowest BCUT2D eigenvalue weighted by Crippen LogP contribution is -2.14. The number of imidazole rings is 1. The Labute approximate surface area is 158 Å². The Balaban J connectivity index is 1.53. The predicted molar refractivity (Wildman–Crippen MR) is 103 cm³/mol. The number of thioether (sulfide) groups is 1. The van der Waals surface area contributed by atoms with E-state index in [4.69, 9.17) is 0 Å². The van der Waals surface area contributed by atoms with Crippen molar-refractivity contribution < 1.29 is 9.18 Å². The maximum atomic E-state index is 12.9. The van der Waals surface area contributed by atoms with E-state index in [-0.39, 0.29) is 17.5 Å². The quantitative estimate of drug-likeness (QED) is 0.406. The normalized spacial score (nSPS) is 10.9. The summed E-state index contributed by atoms with van der Waals surface area (Å²) in [5.74, 6) is 0.144. The average molecular weight is 379 g/mol. The van der Waals surface area contributed by atoms with Crippen LogP contribution in [0, 0.1) is 5.82 Å². The van der Waals surface area contributed by atoms with Gasteiger partial charge in [-0.3, -0.25) is 4.79 Å². The molecule has 6 nitrogen and oxygen atoms in total. The number of fused-ring (bicyclic) bond motifs is 1. The molecular formula is C19H14FN5OS. The Morgan fingerprint density at radius 2 is 1.85 bits per heavy atom. The van der Waals surface area contributed by atoms with Crippen molar-refractivity contribution in [3.8, 4) is 11.4 Å². The van der Waals surface area contributed by atoms with Gasteiger partial charge in [0.2, 0.25) is 5.91 Å². The van der Waals surface area contributed by atoms with Crippen LogP contribution in [0.3, 0.4) is 0 Å². The second-order valence-corrected chi connectivity index (χ2v) is 6.63. The molecule has 0 unspecified atom stereocenters. The van der Waals surface area contributed by atoms with Gasteiger partial charge in [-0.2, -0.15) is 0 Å². The Morgan fingerprint density at radius 3 is 2.63 bits per heavy atom. The van der Waals surface area contributed by atoms with Gasteiger partial charge in [-0.15, -0.1) is 0 Å². The molecule has 2 aromatic heterocycles. The lowest BCUT2D eigenvalue weighted by atomic mass is 10.2. The highest BCUT2D eigenvalue weighted by Crippen LogP contribution is 2.26. The number of rotatable bonds is 5. The van der Waals surface area contributed by atoms with Crippen LogP contribution in [-0.4, -0.2) is 31.6 Å². The largest absolute Gasteiger partial charge is 0.341 e. The highest BCUT2D eigenvalue weighted by Gasteiger charge is 2.13. The fourth-order valence-corrected chi connectivity index (χ4v) is 3.28. The summed E-state index contributed by atoms with van der Waals surface area (Å²) in [6.45, 7) is 0. The molecule has 0 spiro atoms. The number of hydrogen-bond acceptors (Lipinski definition) is 5. The first kappa shape index (κ1) is 17.2. The highest BCUT2D eigenvalue weighted by atomic mass is 32.2. The molecule has 4 rings (SSSR count). The zero-order valence-corrected chi connectivity index (χ0v) is 14.8. The summed E-state index contributed by atoms with van der Waals surface area (Å²) in [6.07, 6.45) is 1.55. The fourth-order valence-electron chi connectivity index (χ4n) is 2.49. The number of nitrogens with zero attached hydrogens (tertiary/aromatic N) is 3. The van der Waals surface area contributed by atoms with E-state index < -0.39 is 0 Å². The number of carbonyl (C=O) groups is 1. The molecule has 0 aliphatic heterocycles. The molecule has 4 aromatic rings. The Bertz CT molecular complexity index is 1080. The highest BCUT2D eigenvalue weighted by molar-refractivity contribution is 8.00. The number of nitrogens with one attached hydrogen (secondary N) is 2. The van der Waals surface area contributed by atoms with Crippen LogP contribution in [0.2, 0.25) is 0 Å². The molecule has 1 amide bonds. The molecule has 2 heterocycles. The van der Waals surface area contributed by atoms with Crippen molar-refractivity contribution >= 4 is 34.5 Å². The van der Waals surface area contributed by atoms with Gasteiger partial charge in [0.25, 0.3) is 0 Å². The number of amides is 1. The van der Waals surface area contributed by atoms with Crippen molar-refractivity contribution in [3.05, 3.63) is 66.7 Å². The van der Waals surface area contributed by atoms with Crippen molar-refractivity contribution in [2.45, 2.75) is 5.03 Å². The third-order valence-corrected chi connectivity index (χ3v) is 4.73. The zero-order valence-electron chi connectivity index (χ0n) is 14.0. The van der Waals surface area contributed by atoms with Crippen LogP contribution >= 0.6 is 11.8 Å². The molecule has 0 bridgehead atoms. The van der Waals surface area contributed by atoms with Gasteiger partial charge >= 0.3 is 0 Å². The number of halogens is 1. The SMILES string of the molecule is O=C(CSc1nc(-c2ccccc2)nc2nc[nH]c12)Nc1ccc(F)cc1. The Hall–Kier alpha value is -3.26. The summed E-state index contributed by atoms with van der Waals surface area (Å²) in [5.41, 5.74) is 2.65. The van der Waals surface area contributed by atoms with E-state index in [1.165, 1.54) is 36.0 Å². The molecule has 134 valence electrons. The van der Waals surface area contributed by atoms with Crippen LogP contribution in [0.15, 0.2) is 66.0 Å². The molecule has 0 fully saturated rings. The van der Waals surface area contributed by atoms with Gasteiger partial charge in [0, 0.05) is 11.3 Å². The van der Waals surface area contributed by atoms with Gasteiger partial charge < -0.3 is 10.3 Å². The van der Waals surface area contributed by atoms with Crippen LogP contribution in [-0.2, 0) is 4.79 Å². The summed E-state index contributed by atoms with van der Waals surface area (Å²) in [7, 11) is 0. The number of carbonyl (C=O) groups excluding carboxylic acids is 1. The maximum Gasteiger partial charge on any atom is 0.234 e. The maximum absolute atomic E-state index is 12.9. The lowest BCUT2D eigenvalue weighted by Gasteiger charge is -2.07. The van der Waals surface area contributed by atoms with Gasteiger partial charge in [0.1, 0.15) is 16.4 Å². The number of H-pyrrole nitrogens is 1. The smallest absolute Gasteiger partial charge is 0.234 e. The number of anilines is 1. The van der Waals surface area contributed by atoms with Crippen molar-refractivity contribution in [2.75, 3.05) is 11.1 Å². The number of hydrogen-bond donors (Lipinski definition) is 2. The minimum Gasteiger partial charge on any atom is -0.341 e. The molecule has 0 aliphatic carbocycles. The summed E-state index contributed by atoms with van der Waals surface area (Å²) in [4.78, 5) is 28.5.